The number of morpholine rings is 1. The summed E-state index contributed by atoms with van der Waals surface area (Å²) in [6.07, 6.45) is 0.571. The Morgan fingerprint density at radius 1 is 1.08 bits per heavy atom. The summed E-state index contributed by atoms with van der Waals surface area (Å²) in [6, 6.07) is 10.9. The molecule has 9 heteroatoms. The monoisotopic (exact) mass is 496 g/mol. The van der Waals surface area contributed by atoms with E-state index >= 15 is 0 Å². The van der Waals surface area contributed by atoms with Crippen molar-refractivity contribution in [2.45, 2.75) is 33.7 Å². The van der Waals surface area contributed by atoms with Crippen LogP contribution < -0.4 is 11.1 Å². The number of aryl methyl sites for hydroxylation is 1. The molecule has 5 N–H and O–H groups in total. The van der Waals surface area contributed by atoms with Gasteiger partial charge in [0, 0.05) is 32.2 Å². The minimum atomic E-state index is -0.353. The number of carbonyl (C=O) groups excluding carboxylic acids is 1. The van der Waals surface area contributed by atoms with Crippen LogP contribution in [0.5, 0.6) is 11.5 Å². The number of rotatable bonds is 7. The lowest BCUT2D eigenvalue weighted by molar-refractivity contribution is 0.0342. The van der Waals surface area contributed by atoms with Gasteiger partial charge in [-0.2, -0.15) is 0 Å². The van der Waals surface area contributed by atoms with Crippen LogP contribution in [0.2, 0.25) is 0 Å². The molecular formula is C27H36N4O5. The maximum absolute atomic E-state index is 12.7. The molecule has 1 aromatic heterocycles. The highest BCUT2D eigenvalue weighted by atomic mass is 16.5. The maximum Gasteiger partial charge on any atom is 0.274 e. The topological polar surface area (TPSA) is 134 Å². The van der Waals surface area contributed by atoms with Gasteiger partial charge < -0.3 is 30.5 Å². The number of amides is 1. The number of hydrogen-bond donors (Lipinski definition) is 4. The maximum atomic E-state index is 12.7. The van der Waals surface area contributed by atoms with Crippen molar-refractivity contribution in [2.24, 2.45) is 5.73 Å². The molecule has 0 radical (unpaired) electrons. The average molecular weight is 497 g/mol. The van der Waals surface area contributed by atoms with Gasteiger partial charge >= 0.3 is 0 Å². The van der Waals surface area contributed by atoms with Crippen LogP contribution >= 0.6 is 0 Å². The van der Waals surface area contributed by atoms with Crippen molar-refractivity contribution < 1.29 is 24.3 Å². The Morgan fingerprint density at radius 2 is 1.75 bits per heavy atom. The molecule has 2 heterocycles. The second-order valence-electron chi connectivity index (χ2n) is 8.44. The summed E-state index contributed by atoms with van der Waals surface area (Å²) in [7, 11) is 0. The van der Waals surface area contributed by atoms with Crippen molar-refractivity contribution in [3.63, 3.8) is 0 Å². The molecule has 1 amide bonds. The van der Waals surface area contributed by atoms with Crippen LogP contribution in [0.25, 0.3) is 22.5 Å². The molecule has 2 aromatic carbocycles. The fraction of sp³-hybridized carbons (Fsp3) is 0.407. The van der Waals surface area contributed by atoms with Crippen LogP contribution in [0.3, 0.4) is 0 Å². The van der Waals surface area contributed by atoms with E-state index in [1.165, 1.54) is 6.07 Å². The highest BCUT2D eigenvalue weighted by Gasteiger charge is 2.26. The third-order valence-corrected chi connectivity index (χ3v) is 5.82. The lowest BCUT2D eigenvalue weighted by Gasteiger charge is -2.26. The predicted octanol–water partition coefficient (Wildman–Crippen LogP) is 3.53. The highest BCUT2D eigenvalue weighted by molar-refractivity contribution is 6.02. The van der Waals surface area contributed by atoms with Crippen molar-refractivity contribution >= 4 is 5.91 Å². The van der Waals surface area contributed by atoms with Crippen LogP contribution in [0, 0.1) is 0 Å². The summed E-state index contributed by atoms with van der Waals surface area (Å²) in [5.74, 6) is -0.206. The number of aromatic hydroxyl groups is 2. The van der Waals surface area contributed by atoms with E-state index in [1.54, 1.807) is 6.07 Å². The van der Waals surface area contributed by atoms with Crippen molar-refractivity contribution in [1.82, 2.24) is 15.4 Å². The number of hydrogen-bond acceptors (Lipinski definition) is 8. The first-order valence-corrected chi connectivity index (χ1v) is 12.4. The van der Waals surface area contributed by atoms with Crippen molar-refractivity contribution in [3.05, 3.63) is 53.2 Å². The molecule has 4 rings (SSSR count). The molecule has 194 valence electrons. The Hall–Kier alpha value is -3.40. The molecule has 0 aliphatic carbocycles. The zero-order valence-electron chi connectivity index (χ0n) is 21.2. The number of nitrogens with zero attached hydrogens (tertiary/aromatic N) is 2. The van der Waals surface area contributed by atoms with E-state index in [4.69, 9.17) is 15.0 Å². The second kappa shape index (κ2) is 13.1. The van der Waals surface area contributed by atoms with Gasteiger partial charge in [-0.25, -0.2) is 0 Å². The van der Waals surface area contributed by atoms with Crippen LogP contribution in [0.15, 0.2) is 40.9 Å². The van der Waals surface area contributed by atoms with E-state index in [1.807, 2.05) is 45.0 Å². The first-order chi connectivity index (χ1) is 17.4. The van der Waals surface area contributed by atoms with Crippen molar-refractivity contribution in [2.75, 3.05) is 39.4 Å². The smallest absolute Gasteiger partial charge is 0.274 e. The van der Waals surface area contributed by atoms with Gasteiger partial charge in [0.15, 0.2) is 11.5 Å². The lowest BCUT2D eigenvalue weighted by atomic mass is 9.96. The largest absolute Gasteiger partial charge is 0.508 e. The van der Waals surface area contributed by atoms with Crippen LogP contribution in [0.4, 0.5) is 0 Å². The SMILES string of the molecule is CCN.CCNC(=O)c1noc(-c2cc(CC)c(O)cc2O)c1-c1ccc(CN2CCOCC2)cc1. The van der Waals surface area contributed by atoms with Crippen LogP contribution in [-0.4, -0.2) is 65.6 Å². The molecule has 36 heavy (non-hydrogen) atoms. The summed E-state index contributed by atoms with van der Waals surface area (Å²) < 4.78 is 11.0. The second-order valence-corrected chi connectivity index (χ2v) is 8.44. The molecule has 0 unspecified atom stereocenters. The molecule has 1 aliphatic rings. The number of nitrogens with two attached hydrogens (primary N) is 1. The fourth-order valence-corrected chi connectivity index (χ4v) is 4.02. The number of ether oxygens (including phenoxy) is 1. The zero-order chi connectivity index (χ0) is 26.1. The molecule has 0 bridgehead atoms. The lowest BCUT2D eigenvalue weighted by Crippen LogP contribution is -2.35. The van der Waals surface area contributed by atoms with E-state index in [-0.39, 0.29) is 28.9 Å². The Bertz CT molecular complexity index is 1140. The third-order valence-electron chi connectivity index (χ3n) is 5.82. The summed E-state index contributed by atoms with van der Waals surface area (Å²) in [5, 5.41) is 27.5. The number of phenolic OH excluding ortho intramolecular Hbond substituents is 2. The molecule has 0 atom stereocenters. The van der Waals surface area contributed by atoms with Crippen LogP contribution in [-0.2, 0) is 17.7 Å². The Kier molecular flexibility index (Phi) is 9.86. The summed E-state index contributed by atoms with van der Waals surface area (Å²) in [5.41, 5.74) is 8.44. The molecular weight excluding hydrogens is 460 g/mol. The van der Waals surface area contributed by atoms with Gasteiger partial charge in [-0.15, -0.1) is 0 Å². The normalized spacial score (nSPS) is 13.7. The first kappa shape index (κ1) is 27.2. The standard InChI is InChI=1S/C25H29N3O5.C2H7N/c1-3-17-13-19(21(30)14-20(17)29)24-22(23(27-33-24)25(31)26-4-2)18-7-5-16(6-8-18)15-28-9-11-32-12-10-28;1-2-3/h5-8,13-14,29-30H,3-4,9-12,15H2,1-2H3,(H,26,31);2-3H2,1H3. The van der Waals surface area contributed by atoms with Gasteiger partial charge in [0.05, 0.1) is 24.3 Å². The van der Waals surface area contributed by atoms with Gasteiger partial charge in [0.2, 0.25) is 0 Å². The zero-order valence-corrected chi connectivity index (χ0v) is 21.2. The van der Waals surface area contributed by atoms with Crippen molar-refractivity contribution in [1.29, 1.82) is 0 Å². The van der Waals surface area contributed by atoms with Gasteiger partial charge in [0.25, 0.3) is 5.91 Å². The molecule has 0 spiro atoms. The Labute approximate surface area is 211 Å². The quantitative estimate of drug-likeness (QED) is 0.390. The number of aromatic nitrogens is 1. The van der Waals surface area contributed by atoms with E-state index in [0.717, 1.165) is 50.5 Å². The minimum Gasteiger partial charge on any atom is -0.508 e. The highest BCUT2D eigenvalue weighted by Crippen LogP contribution is 2.41. The molecule has 1 saturated heterocycles. The summed E-state index contributed by atoms with van der Waals surface area (Å²) >= 11 is 0. The molecule has 1 fully saturated rings. The molecule has 0 saturated carbocycles. The van der Waals surface area contributed by atoms with Gasteiger partial charge in [-0.3, -0.25) is 9.69 Å². The number of phenols is 2. The summed E-state index contributed by atoms with van der Waals surface area (Å²) in [4.78, 5) is 15.1. The van der Waals surface area contributed by atoms with E-state index in [9.17, 15) is 15.0 Å². The van der Waals surface area contributed by atoms with E-state index in [0.29, 0.717) is 29.7 Å². The van der Waals surface area contributed by atoms with Gasteiger partial charge in [0.1, 0.15) is 11.5 Å². The van der Waals surface area contributed by atoms with Crippen molar-refractivity contribution in [3.8, 4) is 33.9 Å². The number of nitrogens with one attached hydrogen (secondary N) is 1. The van der Waals surface area contributed by atoms with E-state index < -0.39 is 0 Å². The predicted molar refractivity (Wildman–Crippen MR) is 139 cm³/mol. The Morgan fingerprint density at radius 3 is 2.36 bits per heavy atom. The summed E-state index contributed by atoms with van der Waals surface area (Å²) in [6.45, 7) is 11.0. The fourth-order valence-electron chi connectivity index (χ4n) is 4.02. The minimum absolute atomic E-state index is 0.0104. The van der Waals surface area contributed by atoms with Crippen LogP contribution in [0.1, 0.15) is 42.4 Å². The molecule has 9 nitrogen and oxygen atoms in total. The molecule has 1 aliphatic heterocycles. The number of benzene rings is 2. The first-order valence-electron chi connectivity index (χ1n) is 12.4. The Balaban J connectivity index is 0.00000115. The number of carbonyl (C=O) groups is 1. The molecule has 3 aromatic rings. The average Bonchev–Trinajstić information content (AvgIpc) is 3.31. The third kappa shape index (κ3) is 6.42. The van der Waals surface area contributed by atoms with E-state index in [2.05, 4.69) is 15.4 Å². The van der Waals surface area contributed by atoms with Gasteiger partial charge in [-0.1, -0.05) is 43.3 Å². The van der Waals surface area contributed by atoms with Gasteiger partial charge in [-0.05, 0) is 42.6 Å².